The molecule has 7 nitrogen and oxygen atoms in total. The van der Waals surface area contributed by atoms with Gasteiger partial charge in [0.2, 0.25) is 0 Å². The van der Waals surface area contributed by atoms with E-state index < -0.39 is 29.3 Å². The molecule has 1 aromatic heterocycles. The molecule has 2 N–H and O–H groups in total. The van der Waals surface area contributed by atoms with Crippen LogP contribution in [0.15, 0.2) is 36.7 Å². The molecule has 24 heavy (non-hydrogen) atoms. The normalized spacial score (nSPS) is 12.5. The number of para-hydroxylation sites is 1. The number of aliphatic carboxylic acids is 1. The summed E-state index contributed by atoms with van der Waals surface area (Å²) in [7, 11) is 0. The summed E-state index contributed by atoms with van der Waals surface area (Å²) in [6.07, 6.45) is 1.79. The maximum absolute atomic E-state index is 13.5. The quantitative estimate of drug-likeness (QED) is 0.844. The van der Waals surface area contributed by atoms with E-state index in [4.69, 9.17) is 9.84 Å². The highest BCUT2D eigenvalue weighted by Gasteiger charge is 2.30. The number of rotatable bonds is 6. The third kappa shape index (κ3) is 3.70. The van der Waals surface area contributed by atoms with Crippen molar-refractivity contribution in [2.75, 3.05) is 5.32 Å². The van der Waals surface area contributed by atoms with Gasteiger partial charge in [-0.15, -0.1) is 0 Å². The second-order valence-electron chi connectivity index (χ2n) is 5.72. The van der Waals surface area contributed by atoms with Gasteiger partial charge in [-0.05, 0) is 32.9 Å². The summed E-state index contributed by atoms with van der Waals surface area (Å²) < 4.78 is 20.0. The Labute approximate surface area is 138 Å². The number of carboxylic acid groups (broad SMARTS) is 1. The predicted molar refractivity (Wildman–Crippen MR) is 84.3 cm³/mol. The zero-order valence-corrected chi connectivity index (χ0v) is 13.5. The van der Waals surface area contributed by atoms with Gasteiger partial charge in [0, 0.05) is 6.20 Å². The first-order valence-electron chi connectivity index (χ1n) is 7.22. The molecule has 1 unspecified atom stereocenters. The number of carboxylic acids is 1. The molecular weight excluding hydrogens is 317 g/mol. The molecule has 1 atom stereocenters. The maximum Gasteiger partial charge on any atom is 0.331 e. The second kappa shape index (κ2) is 6.69. The first kappa shape index (κ1) is 17.5. The van der Waals surface area contributed by atoms with E-state index in [1.165, 1.54) is 56.0 Å². The SMILES string of the molecule is CC(Oc1ccccc1F)C(=O)Nc1cnn(C(C)(C)C(=O)O)c1. The monoisotopic (exact) mass is 335 g/mol. The van der Waals surface area contributed by atoms with Gasteiger partial charge in [0.15, 0.2) is 23.2 Å². The molecule has 0 bridgehead atoms. The van der Waals surface area contributed by atoms with E-state index in [2.05, 4.69) is 10.4 Å². The van der Waals surface area contributed by atoms with E-state index in [9.17, 15) is 14.0 Å². The molecule has 0 saturated heterocycles. The summed E-state index contributed by atoms with van der Waals surface area (Å²) in [4.78, 5) is 23.3. The zero-order chi connectivity index (χ0) is 17.9. The summed E-state index contributed by atoms with van der Waals surface area (Å²) in [6, 6.07) is 5.77. The van der Waals surface area contributed by atoms with Gasteiger partial charge in [0.25, 0.3) is 5.91 Å². The first-order valence-corrected chi connectivity index (χ1v) is 7.22. The highest BCUT2D eigenvalue weighted by Crippen LogP contribution is 2.19. The molecule has 1 aromatic carbocycles. The van der Waals surface area contributed by atoms with Crippen LogP contribution >= 0.6 is 0 Å². The molecule has 1 amide bonds. The minimum Gasteiger partial charge on any atom is -0.479 e. The average Bonchev–Trinajstić information content (AvgIpc) is 2.98. The van der Waals surface area contributed by atoms with Crippen LogP contribution in [0.5, 0.6) is 5.75 Å². The molecular formula is C16H18FN3O4. The van der Waals surface area contributed by atoms with Crippen molar-refractivity contribution < 1.29 is 23.8 Å². The topological polar surface area (TPSA) is 93.5 Å². The Balaban J connectivity index is 2.03. The van der Waals surface area contributed by atoms with Crippen molar-refractivity contribution in [3.63, 3.8) is 0 Å². The van der Waals surface area contributed by atoms with E-state index >= 15 is 0 Å². The number of amides is 1. The molecule has 0 spiro atoms. The lowest BCUT2D eigenvalue weighted by Gasteiger charge is -2.19. The minimum absolute atomic E-state index is 0.0251. The summed E-state index contributed by atoms with van der Waals surface area (Å²) in [5.74, 6) is -2.15. The molecule has 2 aromatic rings. The largest absolute Gasteiger partial charge is 0.479 e. The predicted octanol–water partition coefficient (Wildman–Crippen LogP) is 2.25. The van der Waals surface area contributed by atoms with Crippen LogP contribution in [0.1, 0.15) is 20.8 Å². The second-order valence-corrected chi connectivity index (χ2v) is 5.72. The van der Waals surface area contributed by atoms with Crippen molar-refractivity contribution in [2.45, 2.75) is 32.4 Å². The lowest BCUT2D eigenvalue weighted by Crippen LogP contribution is -2.36. The highest BCUT2D eigenvalue weighted by molar-refractivity contribution is 5.93. The van der Waals surface area contributed by atoms with Crippen LogP contribution in [0.4, 0.5) is 10.1 Å². The summed E-state index contributed by atoms with van der Waals surface area (Å²) in [5.41, 5.74) is -0.934. The van der Waals surface area contributed by atoms with Crippen molar-refractivity contribution in [3.8, 4) is 5.75 Å². The number of anilines is 1. The maximum atomic E-state index is 13.5. The number of halogens is 1. The Bertz CT molecular complexity index is 757. The van der Waals surface area contributed by atoms with Crippen LogP contribution in [0, 0.1) is 5.82 Å². The molecule has 0 saturated carbocycles. The average molecular weight is 335 g/mol. The Morgan fingerprint density at radius 1 is 1.38 bits per heavy atom. The fourth-order valence-corrected chi connectivity index (χ4v) is 1.82. The van der Waals surface area contributed by atoms with Gasteiger partial charge in [0.1, 0.15) is 0 Å². The third-order valence-electron chi connectivity index (χ3n) is 3.46. The lowest BCUT2D eigenvalue weighted by molar-refractivity contribution is -0.146. The smallest absolute Gasteiger partial charge is 0.331 e. The molecule has 0 aliphatic heterocycles. The molecule has 128 valence electrons. The Morgan fingerprint density at radius 2 is 2.04 bits per heavy atom. The molecule has 1 heterocycles. The number of carbonyl (C=O) groups excluding carboxylic acids is 1. The first-order chi connectivity index (χ1) is 11.2. The molecule has 2 rings (SSSR count). The number of ether oxygens (including phenoxy) is 1. The number of hydrogen-bond acceptors (Lipinski definition) is 4. The van der Waals surface area contributed by atoms with E-state index in [1.54, 1.807) is 6.07 Å². The van der Waals surface area contributed by atoms with Crippen LogP contribution in [0.25, 0.3) is 0 Å². The number of nitrogens with one attached hydrogen (secondary N) is 1. The van der Waals surface area contributed by atoms with Gasteiger partial charge in [0.05, 0.1) is 11.9 Å². The number of carbonyl (C=O) groups is 2. The zero-order valence-electron chi connectivity index (χ0n) is 13.5. The van der Waals surface area contributed by atoms with Gasteiger partial charge in [-0.2, -0.15) is 5.10 Å². The molecule has 8 heteroatoms. The van der Waals surface area contributed by atoms with E-state index in [0.29, 0.717) is 5.69 Å². The Morgan fingerprint density at radius 3 is 2.67 bits per heavy atom. The van der Waals surface area contributed by atoms with Crippen molar-refractivity contribution in [3.05, 3.63) is 42.5 Å². The number of nitrogens with zero attached hydrogens (tertiary/aromatic N) is 2. The fourth-order valence-electron chi connectivity index (χ4n) is 1.82. The van der Waals surface area contributed by atoms with Crippen LogP contribution in [0.3, 0.4) is 0 Å². The van der Waals surface area contributed by atoms with Crippen molar-refractivity contribution in [1.29, 1.82) is 0 Å². The van der Waals surface area contributed by atoms with Gasteiger partial charge in [-0.3, -0.25) is 9.48 Å². The minimum atomic E-state index is -1.25. The van der Waals surface area contributed by atoms with Gasteiger partial charge in [-0.1, -0.05) is 12.1 Å². The Hall–Kier alpha value is -2.90. The molecule has 0 aliphatic carbocycles. The fraction of sp³-hybridized carbons (Fsp3) is 0.312. The third-order valence-corrected chi connectivity index (χ3v) is 3.46. The summed E-state index contributed by atoms with van der Waals surface area (Å²) in [6.45, 7) is 4.45. The Kier molecular flexibility index (Phi) is 4.87. The van der Waals surface area contributed by atoms with Crippen molar-refractivity contribution >= 4 is 17.6 Å². The number of hydrogen-bond donors (Lipinski definition) is 2. The van der Waals surface area contributed by atoms with Crippen LogP contribution in [-0.4, -0.2) is 32.9 Å². The van der Waals surface area contributed by atoms with E-state index in [-0.39, 0.29) is 5.75 Å². The van der Waals surface area contributed by atoms with Gasteiger partial charge >= 0.3 is 5.97 Å². The summed E-state index contributed by atoms with van der Waals surface area (Å²) >= 11 is 0. The van der Waals surface area contributed by atoms with Crippen molar-refractivity contribution in [2.24, 2.45) is 0 Å². The van der Waals surface area contributed by atoms with Gasteiger partial charge in [-0.25, -0.2) is 9.18 Å². The van der Waals surface area contributed by atoms with E-state index in [1.807, 2.05) is 0 Å². The highest BCUT2D eigenvalue weighted by atomic mass is 19.1. The standard InChI is InChI=1S/C16H18FN3O4/c1-10(24-13-7-5-4-6-12(13)17)14(21)19-11-8-18-20(9-11)16(2,3)15(22)23/h4-10H,1-3H3,(H,19,21)(H,22,23). The summed E-state index contributed by atoms with van der Waals surface area (Å²) in [5, 5.41) is 15.7. The van der Waals surface area contributed by atoms with E-state index in [0.717, 1.165) is 0 Å². The number of aromatic nitrogens is 2. The van der Waals surface area contributed by atoms with Crippen LogP contribution in [-0.2, 0) is 15.1 Å². The number of benzene rings is 1. The molecule has 0 radical (unpaired) electrons. The molecule has 0 aliphatic rings. The van der Waals surface area contributed by atoms with Gasteiger partial charge < -0.3 is 15.2 Å². The van der Waals surface area contributed by atoms with Crippen molar-refractivity contribution in [1.82, 2.24) is 9.78 Å². The van der Waals surface area contributed by atoms with Crippen LogP contribution < -0.4 is 10.1 Å². The lowest BCUT2D eigenvalue weighted by atomic mass is 10.1. The van der Waals surface area contributed by atoms with Crippen LogP contribution in [0.2, 0.25) is 0 Å². The molecule has 0 fully saturated rings.